The zero-order chi connectivity index (χ0) is 17.9. The first kappa shape index (κ1) is 18.9. The molecular formula is C19H24ClFO3. The van der Waals surface area contributed by atoms with Crippen molar-refractivity contribution in [1.82, 2.24) is 0 Å². The molecule has 0 spiro atoms. The van der Waals surface area contributed by atoms with Crippen LogP contribution in [-0.2, 0) is 11.2 Å². The van der Waals surface area contributed by atoms with E-state index in [4.69, 9.17) is 16.3 Å². The molecule has 1 aromatic rings. The zero-order valence-electron chi connectivity index (χ0n) is 14.5. The van der Waals surface area contributed by atoms with Crippen molar-refractivity contribution >= 4 is 23.2 Å². The maximum absolute atomic E-state index is 14.1. The van der Waals surface area contributed by atoms with Crippen molar-refractivity contribution in [1.29, 1.82) is 0 Å². The zero-order valence-corrected chi connectivity index (χ0v) is 15.3. The second-order valence-electron chi connectivity index (χ2n) is 6.51. The quantitative estimate of drug-likeness (QED) is 0.647. The van der Waals surface area contributed by atoms with Gasteiger partial charge in [0.1, 0.15) is 5.78 Å². The second kappa shape index (κ2) is 7.64. The summed E-state index contributed by atoms with van der Waals surface area (Å²) in [5, 5.41) is 0.182. The van der Waals surface area contributed by atoms with Crippen LogP contribution in [0, 0.1) is 11.2 Å². The summed E-state index contributed by atoms with van der Waals surface area (Å²) in [6.07, 6.45) is 4.32. The number of ether oxygens (including phenoxy) is 1. The Kier molecular flexibility index (Phi) is 6.02. The van der Waals surface area contributed by atoms with Crippen LogP contribution in [0.15, 0.2) is 6.07 Å². The van der Waals surface area contributed by atoms with Crippen LogP contribution < -0.4 is 4.74 Å². The predicted molar refractivity (Wildman–Crippen MR) is 92.5 cm³/mol. The van der Waals surface area contributed by atoms with E-state index in [-0.39, 0.29) is 22.3 Å². The summed E-state index contributed by atoms with van der Waals surface area (Å²) >= 11 is 6.29. The highest BCUT2D eigenvalue weighted by molar-refractivity contribution is 6.33. The van der Waals surface area contributed by atoms with Crippen molar-refractivity contribution < 1.29 is 18.7 Å². The molecule has 1 unspecified atom stereocenters. The molecule has 1 aliphatic carbocycles. The molecule has 0 bridgehead atoms. The van der Waals surface area contributed by atoms with E-state index in [0.29, 0.717) is 43.2 Å². The lowest BCUT2D eigenvalue weighted by Crippen LogP contribution is -2.29. The summed E-state index contributed by atoms with van der Waals surface area (Å²) < 4.78 is 19.2. The van der Waals surface area contributed by atoms with E-state index in [1.807, 2.05) is 6.92 Å². The van der Waals surface area contributed by atoms with Gasteiger partial charge in [0.05, 0.1) is 12.1 Å². The molecule has 0 aliphatic heterocycles. The third-order valence-electron chi connectivity index (χ3n) is 5.01. The van der Waals surface area contributed by atoms with E-state index in [0.717, 1.165) is 12.8 Å². The van der Waals surface area contributed by atoms with Crippen molar-refractivity contribution in [3.8, 4) is 5.75 Å². The van der Waals surface area contributed by atoms with Crippen molar-refractivity contribution in [2.45, 2.75) is 58.8 Å². The number of Topliss-reactive ketones (excluding diaryl/α,β-unsaturated/α-hetero) is 2. The SMILES string of the molecule is CCCCC1(CCC(=O)CC)Cc2c(cc(F)c(OC)c2Cl)C1=O. The number of halogens is 2. The first-order valence-corrected chi connectivity index (χ1v) is 8.89. The molecule has 1 atom stereocenters. The molecule has 0 saturated heterocycles. The van der Waals surface area contributed by atoms with Crippen LogP contribution in [0.5, 0.6) is 5.75 Å². The van der Waals surface area contributed by atoms with E-state index >= 15 is 0 Å². The van der Waals surface area contributed by atoms with Crippen LogP contribution in [0.2, 0.25) is 5.02 Å². The number of fused-ring (bicyclic) bond motifs is 1. The van der Waals surface area contributed by atoms with Gasteiger partial charge in [-0.3, -0.25) is 9.59 Å². The van der Waals surface area contributed by atoms with Crippen molar-refractivity contribution in [2.75, 3.05) is 7.11 Å². The topological polar surface area (TPSA) is 43.4 Å². The molecule has 0 heterocycles. The number of carbonyl (C=O) groups excluding carboxylic acids is 2. The Morgan fingerprint density at radius 2 is 2.08 bits per heavy atom. The molecule has 1 aromatic carbocycles. The summed E-state index contributed by atoms with van der Waals surface area (Å²) in [4.78, 5) is 24.8. The minimum atomic E-state index is -0.647. The van der Waals surface area contributed by atoms with Crippen molar-refractivity contribution in [2.24, 2.45) is 5.41 Å². The Morgan fingerprint density at radius 3 is 2.67 bits per heavy atom. The second-order valence-corrected chi connectivity index (χ2v) is 6.89. The van der Waals surface area contributed by atoms with Gasteiger partial charge in [0.2, 0.25) is 0 Å². The average Bonchev–Trinajstić information content (AvgIpc) is 2.85. The van der Waals surface area contributed by atoms with Gasteiger partial charge in [-0.05, 0) is 30.9 Å². The molecule has 0 amide bonds. The first-order chi connectivity index (χ1) is 11.4. The van der Waals surface area contributed by atoms with Crippen LogP contribution >= 0.6 is 11.6 Å². The Bertz CT molecular complexity index is 657. The number of methoxy groups -OCH3 is 1. The van der Waals surface area contributed by atoms with E-state index in [1.165, 1.54) is 13.2 Å². The van der Waals surface area contributed by atoms with Crippen LogP contribution in [0.25, 0.3) is 0 Å². The van der Waals surface area contributed by atoms with Gasteiger partial charge in [-0.1, -0.05) is 38.3 Å². The van der Waals surface area contributed by atoms with E-state index < -0.39 is 11.2 Å². The molecule has 5 heteroatoms. The van der Waals surface area contributed by atoms with Crippen LogP contribution in [0.3, 0.4) is 0 Å². The van der Waals surface area contributed by atoms with Gasteiger partial charge >= 0.3 is 0 Å². The maximum atomic E-state index is 14.1. The standard InChI is InChI=1S/C19H24ClFO3/c1-4-6-8-19(9-7-12(22)5-2)11-14-13(18(19)23)10-15(21)17(24-3)16(14)20/h10H,4-9,11H2,1-3H3. The third kappa shape index (κ3) is 3.34. The fourth-order valence-corrected chi connectivity index (χ4v) is 3.84. The molecule has 132 valence electrons. The average molecular weight is 355 g/mol. The molecule has 0 radical (unpaired) electrons. The van der Waals surface area contributed by atoms with E-state index in [2.05, 4.69) is 6.92 Å². The molecule has 0 fully saturated rings. The van der Waals surface area contributed by atoms with Gasteiger partial charge in [-0.25, -0.2) is 4.39 Å². The summed E-state index contributed by atoms with van der Waals surface area (Å²) in [6.45, 7) is 3.89. The highest BCUT2D eigenvalue weighted by Crippen LogP contribution is 2.49. The summed E-state index contributed by atoms with van der Waals surface area (Å²) in [5.74, 6) is -0.576. The van der Waals surface area contributed by atoms with Crippen molar-refractivity contribution in [3.63, 3.8) is 0 Å². The van der Waals surface area contributed by atoms with Crippen LogP contribution in [-0.4, -0.2) is 18.7 Å². The Balaban J connectivity index is 2.41. The lowest BCUT2D eigenvalue weighted by atomic mass is 9.74. The fourth-order valence-electron chi connectivity index (χ4n) is 3.51. The normalized spacial score (nSPS) is 19.5. The Morgan fingerprint density at radius 1 is 1.38 bits per heavy atom. The molecule has 1 aliphatic rings. The Hall–Kier alpha value is -1.42. The highest BCUT2D eigenvalue weighted by atomic mass is 35.5. The van der Waals surface area contributed by atoms with Crippen molar-refractivity contribution in [3.05, 3.63) is 28.0 Å². The van der Waals surface area contributed by atoms with E-state index in [1.54, 1.807) is 0 Å². The van der Waals surface area contributed by atoms with E-state index in [9.17, 15) is 14.0 Å². The first-order valence-electron chi connectivity index (χ1n) is 8.51. The molecule has 0 aromatic heterocycles. The number of ketones is 2. The lowest BCUT2D eigenvalue weighted by molar-refractivity contribution is -0.119. The number of carbonyl (C=O) groups is 2. The number of hydrogen-bond acceptors (Lipinski definition) is 3. The molecule has 0 saturated carbocycles. The van der Waals surface area contributed by atoms with Gasteiger partial charge in [0.25, 0.3) is 0 Å². The smallest absolute Gasteiger partial charge is 0.173 e. The van der Waals surface area contributed by atoms with Crippen LogP contribution in [0.4, 0.5) is 4.39 Å². The summed E-state index contributed by atoms with van der Waals surface area (Å²) in [5.41, 5.74) is 0.351. The van der Waals surface area contributed by atoms with Gasteiger partial charge in [0, 0.05) is 23.8 Å². The third-order valence-corrected chi connectivity index (χ3v) is 5.41. The molecule has 0 N–H and O–H groups in total. The minimum absolute atomic E-state index is 0.0147. The van der Waals surface area contributed by atoms with Gasteiger partial charge in [-0.15, -0.1) is 0 Å². The molecule has 3 nitrogen and oxygen atoms in total. The lowest BCUT2D eigenvalue weighted by Gasteiger charge is -2.27. The minimum Gasteiger partial charge on any atom is -0.492 e. The monoisotopic (exact) mass is 354 g/mol. The summed E-state index contributed by atoms with van der Waals surface area (Å²) in [6, 6.07) is 1.23. The summed E-state index contributed by atoms with van der Waals surface area (Å²) in [7, 11) is 1.36. The maximum Gasteiger partial charge on any atom is 0.173 e. The van der Waals surface area contributed by atoms with Gasteiger partial charge < -0.3 is 4.74 Å². The Labute approximate surface area is 147 Å². The number of hydrogen-bond donors (Lipinski definition) is 0. The number of benzene rings is 1. The van der Waals surface area contributed by atoms with Gasteiger partial charge in [0.15, 0.2) is 17.3 Å². The fraction of sp³-hybridized carbons (Fsp3) is 0.579. The predicted octanol–water partition coefficient (Wildman–Crippen LogP) is 5.16. The largest absolute Gasteiger partial charge is 0.492 e. The molecular weight excluding hydrogens is 331 g/mol. The molecule has 2 rings (SSSR count). The molecule has 24 heavy (non-hydrogen) atoms. The van der Waals surface area contributed by atoms with Crippen LogP contribution in [0.1, 0.15) is 68.3 Å². The number of rotatable bonds is 8. The van der Waals surface area contributed by atoms with Gasteiger partial charge in [-0.2, -0.15) is 0 Å². The number of unbranched alkanes of at least 4 members (excludes halogenated alkanes) is 1. The highest BCUT2D eigenvalue weighted by Gasteiger charge is 2.46.